The monoisotopic (exact) mass is 319 g/mol. The molecule has 0 saturated heterocycles. The van der Waals surface area contributed by atoms with Crippen molar-refractivity contribution in [3.05, 3.63) is 82.7 Å². The first kappa shape index (κ1) is 16.0. The maximum atomic E-state index is 12.6. The molecular weight excluding hydrogens is 298 g/mol. The number of carbonyl (C=O) groups excluding carboxylic acids is 1. The Kier molecular flexibility index (Phi) is 4.47. The van der Waals surface area contributed by atoms with Crippen LogP contribution in [0.1, 0.15) is 32.9 Å². The molecule has 0 radical (unpaired) electrons. The molecule has 24 heavy (non-hydrogen) atoms. The van der Waals surface area contributed by atoms with Crippen molar-refractivity contribution >= 4 is 5.91 Å². The van der Waals surface area contributed by atoms with E-state index in [9.17, 15) is 4.79 Å². The van der Waals surface area contributed by atoms with Gasteiger partial charge in [0.1, 0.15) is 0 Å². The van der Waals surface area contributed by atoms with Crippen LogP contribution >= 0.6 is 0 Å². The number of nitrogens with one attached hydrogen (secondary N) is 1. The largest absolute Gasteiger partial charge is 0.348 e. The van der Waals surface area contributed by atoms with Gasteiger partial charge in [-0.3, -0.25) is 4.79 Å². The second-order valence-corrected chi connectivity index (χ2v) is 5.96. The predicted octanol–water partition coefficient (Wildman–Crippen LogP) is 3.73. The van der Waals surface area contributed by atoms with Crippen LogP contribution in [0.3, 0.4) is 0 Å². The van der Waals surface area contributed by atoms with Crippen molar-refractivity contribution in [1.82, 2.24) is 15.1 Å². The SMILES string of the molecule is Cc1ccc(CNC(=O)c2c(C)nn(-c3ccccc3)c2C)cc1. The summed E-state index contributed by atoms with van der Waals surface area (Å²) in [5.74, 6) is -0.0900. The number of amides is 1. The average molecular weight is 319 g/mol. The second kappa shape index (κ2) is 6.71. The minimum absolute atomic E-state index is 0.0900. The van der Waals surface area contributed by atoms with Gasteiger partial charge in [0.25, 0.3) is 5.91 Å². The lowest BCUT2D eigenvalue weighted by Crippen LogP contribution is -2.24. The number of benzene rings is 2. The van der Waals surface area contributed by atoms with Crippen molar-refractivity contribution in [3.8, 4) is 5.69 Å². The number of aromatic nitrogens is 2. The fourth-order valence-electron chi connectivity index (χ4n) is 2.77. The summed E-state index contributed by atoms with van der Waals surface area (Å²) < 4.78 is 1.82. The van der Waals surface area contributed by atoms with E-state index in [-0.39, 0.29) is 5.91 Å². The first-order chi connectivity index (χ1) is 11.6. The molecule has 1 N–H and O–H groups in total. The Labute approximate surface area is 142 Å². The van der Waals surface area contributed by atoms with Gasteiger partial charge < -0.3 is 5.32 Å². The summed E-state index contributed by atoms with van der Waals surface area (Å²) in [6.45, 7) is 6.35. The smallest absolute Gasteiger partial charge is 0.255 e. The molecular formula is C20H21N3O. The van der Waals surface area contributed by atoms with Crippen molar-refractivity contribution in [2.45, 2.75) is 27.3 Å². The van der Waals surface area contributed by atoms with Crippen molar-refractivity contribution < 1.29 is 4.79 Å². The van der Waals surface area contributed by atoms with Gasteiger partial charge in [-0.05, 0) is 38.5 Å². The number of aryl methyl sites for hydroxylation is 2. The Morgan fingerprint density at radius 3 is 2.33 bits per heavy atom. The van der Waals surface area contributed by atoms with Gasteiger partial charge >= 0.3 is 0 Å². The lowest BCUT2D eigenvalue weighted by atomic mass is 10.1. The third kappa shape index (κ3) is 3.23. The van der Waals surface area contributed by atoms with Gasteiger partial charge in [-0.15, -0.1) is 0 Å². The van der Waals surface area contributed by atoms with Gasteiger partial charge in [-0.1, -0.05) is 48.0 Å². The summed E-state index contributed by atoms with van der Waals surface area (Å²) in [6, 6.07) is 18.0. The van der Waals surface area contributed by atoms with Crippen LogP contribution in [-0.2, 0) is 6.54 Å². The minimum Gasteiger partial charge on any atom is -0.348 e. The van der Waals surface area contributed by atoms with Crippen molar-refractivity contribution in [2.75, 3.05) is 0 Å². The highest BCUT2D eigenvalue weighted by Crippen LogP contribution is 2.18. The van der Waals surface area contributed by atoms with Gasteiger partial charge in [-0.2, -0.15) is 5.10 Å². The highest BCUT2D eigenvalue weighted by atomic mass is 16.1. The van der Waals surface area contributed by atoms with E-state index in [1.165, 1.54) is 5.56 Å². The maximum Gasteiger partial charge on any atom is 0.255 e. The van der Waals surface area contributed by atoms with Crippen molar-refractivity contribution in [2.24, 2.45) is 0 Å². The lowest BCUT2D eigenvalue weighted by Gasteiger charge is -2.07. The molecule has 1 heterocycles. The molecule has 0 aliphatic heterocycles. The van der Waals surface area contributed by atoms with Crippen LogP contribution in [0.4, 0.5) is 0 Å². The molecule has 0 bridgehead atoms. The molecule has 4 heteroatoms. The second-order valence-electron chi connectivity index (χ2n) is 5.96. The van der Waals surface area contributed by atoms with E-state index in [0.29, 0.717) is 12.1 Å². The summed E-state index contributed by atoms with van der Waals surface area (Å²) in [5.41, 5.74) is 5.47. The van der Waals surface area contributed by atoms with E-state index in [4.69, 9.17) is 0 Å². The van der Waals surface area contributed by atoms with Gasteiger partial charge in [-0.25, -0.2) is 4.68 Å². The highest BCUT2D eigenvalue weighted by molar-refractivity contribution is 5.96. The topological polar surface area (TPSA) is 46.9 Å². The molecule has 122 valence electrons. The molecule has 3 rings (SSSR count). The zero-order chi connectivity index (χ0) is 17.1. The maximum absolute atomic E-state index is 12.6. The Bertz CT molecular complexity index is 849. The van der Waals surface area contributed by atoms with Gasteiger partial charge in [0.15, 0.2) is 0 Å². The summed E-state index contributed by atoms with van der Waals surface area (Å²) in [6.07, 6.45) is 0. The van der Waals surface area contributed by atoms with Crippen LogP contribution in [-0.4, -0.2) is 15.7 Å². The molecule has 0 aliphatic rings. The van der Waals surface area contributed by atoms with E-state index in [2.05, 4.69) is 10.4 Å². The minimum atomic E-state index is -0.0900. The molecule has 0 unspecified atom stereocenters. The molecule has 1 aromatic heterocycles. The van der Waals surface area contributed by atoms with Crippen LogP contribution in [0.2, 0.25) is 0 Å². The van der Waals surface area contributed by atoms with Crippen LogP contribution in [0, 0.1) is 20.8 Å². The number of rotatable bonds is 4. The molecule has 2 aromatic carbocycles. The van der Waals surface area contributed by atoms with Crippen LogP contribution in [0.25, 0.3) is 5.69 Å². The van der Waals surface area contributed by atoms with Gasteiger partial charge in [0, 0.05) is 6.54 Å². The molecule has 1 amide bonds. The first-order valence-electron chi connectivity index (χ1n) is 8.01. The third-order valence-electron chi connectivity index (χ3n) is 4.09. The van der Waals surface area contributed by atoms with Crippen molar-refractivity contribution in [1.29, 1.82) is 0 Å². The van der Waals surface area contributed by atoms with E-state index >= 15 is 0 Å². The molecule has 0 saturated carbocycles. The van der Waals surface area contributed by atoms with Crippen LogP contribution in [0.15, 0.2) is 54.6 Å². The molecule has 0 spiro atoms. The quantitative estimate of drug-likeness (QED) is 0.796. The Balaban J connectivity index is 1.80. The zero-order valence-corrected chi connectivity index (χ0v) is 14.2. The van der Waals surface area contributed by atoms with Crippen molar-refractivity contribution in [3.63, 3.8) is 0 Å². The van der Waals surface area contributed by atoms with Gasteiger partial charge in [0.2, 0.25) is 0 Å². The number of para-hydroxylation sites is 1. The Morgan fingerprint density at radius 2 is 1.67 bits per heavy atom. The predicted molar refractivity (Wildman–Crippen MR) is 95.4 cm³/mol. The van der Waals surface area contributed by atoms with Crippen LogP contribution in [0.5, 0.6) is 0 Å². The fraction of sp³-hybridized carbons (Fsp3) is 0.200. The Morgan fingerprint density at radius 1 is 1.00 bits per heavy atom. The summed E-state index contributed by atoms with van der Waals surface area (Å²) in [4.78, 5) is 12.6. The zero-order valence-electron chi connectivity index (χ0n) is 14.2. The molecule has 4 nitrogen and oxygen atoms in total. The standard InChI is InChI=1S/C20H21N3O/c1-14-9-11-17(12-10-14)13-21-20(24)19-15(2)22-23(16(19)3)18-7-5-4-6-8-18/h4-12H,13H2,1-3H3,(H,21,24). The summed E-state index contributed by atoms with van der Waals surface area (Å²) in [7, 11) is 0. The number of carbonyl (C=O) groups is 1. The van der Waals surface area contributed by atoms with E-state index in [0.717, 1.165) is 22.6 Å². The summed E-state index contributed by atoms with van der Waals surface area (Å²) >= 11 is 0. The molecule has 3 aromatic rings. The van der Waals surface area contributed by atoms with E-state index in [1.807, 2.05) is 80.1 Å². The highest BCUT2D eigenvalue weighted by Gasteiger charge is 2.19. The average Bonchev–Trinajstić information content (AvgIpc) is 2.89. The summed E-state index contributed by atoms with van der Waals surface area (Å²) in [5, 5.41) is 7.51. The molecule has 0 aliphatic carbocycles. The lowest BCUT2D eigenvalue weighted by molar-refractivity contribution is 0.0949. The number of nitrogens with zero attached hydrogens (tertiary/aromatic N) is 2. The first-order valence-corrected chi connectivity index (χ1v) is 8.01. The Hall–Kier alpha value is -2.88. The van der Waals surface area contributed by atoms with Gasteiger partial charge in [0.05, 0.1) is 22.6 Å². The normalized spacial score (nSPS) is 10.6. The van der Waals surface area contributed by atoms with E-state index < -0.39 is 0 Å². The van der Waals surface area contributed by atoms with E-state index in [1.54, 1.807) is 0 Å². The number of hydrogen-bond acceptors (Lipinski definition) is 2. The third-order valence-corrected chi connectivity index (χ3v) is 4.09. The van der Waals surface area contributed by atoms with Crippen LogP contribution < -0.4 is 5.32 Å². The molecule has 0 atom stereocenters. The molecule has 0 fully saturated rings. The number of hydrogen-bond donors (Lipinski definition) is 1. The fourth-order valence-corrected chi connectivity index (χ4v) is 2.77.